The molecule has 0 amide bonds. The van der Waals surface area contributed by atoms with Crippen molar-refractivity contribution in [3.8, 4) is 0 Å². The number of benzene rings is 2. The van der Waals surface area contributed by atoms with Gasteiger partial charge in [0.1, 0.15) is 12.4 Å². The summed E-state index contributed by atoms with van der Waals surface area (Å²) in [6, 6.07) is 8.10. The minimum absolute atomic E-state index is 0.0416. The van der Waals surface area contributed by atoms with Crippen molar-refractivity contribution in [1.29, 1.82) is 0 Å². The zero-order valence-corrected chi connectivity index (χ0v) is 16.9. The highest BCUT2D eigenvalue weighted by atomic mass is 35.5. The second kappa shape index (κ2) is 8.75. The summed E-state index contributed by atoms with van der Waals surface area (Å²) in [5, 5.41) is -0.248. The number of sulfonamides is 1. The number of esters is 1. The van der Waals surface area contributed by atoms with Crippen molar-refractivity contribution in [3.63, 3.8) is 0 Å². The van der Waals surface area contributed by atoms with Crippen LogP contribution in [0.4, 0.5) is 4.39 Å². The molecule has 1 heterocycles. The second-order valence-corrected chi connectivity index (χ2v) is 8.74. The van der Waals surface area contributed by atoms with E-state index in [9.17, 15) is 17.6 Å². The maximum absolute atomic E-state index is 13.6. The zero-order chi connectivity index (χ0) is 20.3. The van der Waals surface area contributed by atoms with E-state index in [1.807, 2.05) is 0 Å². The van der Waals surface area contributed by atoms with Gasteiger partial charge < -0.3 is 9.47 Å². The SMILES string of the molecule is O=C(OCc1cccc(S(=O)(=O)N2CCOCC2)c1)c1cc(F)c(Cl)cc1Cl. The number of morpholine rings is 1. The van der Waals surface area contributed by atoms with Crippen molar-refractivity contribution in [2.45, 2.75) is 11.5 Å². The van der Waals surface area contributed by atoms with Gasteiger partial charge in [0.2, 0.25) is 10.0 Å². The Labute approximate surface area is 171 Å². The van der Waals surface area contributed by atoms with Crippen molar-refractivity contribution >= 4 is 39.2 Å². The van der Waals surface area contributed by atoms with Crippen LogP contribution in [0.1, 0.15) is 15.9 Å². The van der Waals surface area contributed by atoms with Gasteiger partial charge in [-0.1, -0.05) is 35.3 Å². The van der Waals surface area contributed by atoms with Crippen LogP contribution in [-0.2, 0) is 26.1 Å². The highest BCUT2D eigenvalue weighted by Gasteiger charge is 2.26. The Morgan fingerprint density at radius 1 is 1.14 bits per heavy atom. The van der Waals surface area contributed by atoms with E-state index in [0.717, 1.165) is 12.1 Å². The Bertz CT molecular complexity index is 993. The lowest BCUT2D eigenvalue weighted by Gasteiger charge is -2.26. The van der Waals surface area contributed by atoms with Crippen LogP contribution in [0.25, 0.3) is 0 Å². The number of carbonyl (C=O) groups excluding carboxylic acids is 1. The summed E-state index contributed by atoms with van der Waals surface area (Å²) in [5.74, 6) is -1.64. The molecule has 2 aromatic rings. The molecular formula is C18H16Cl2FNO5S. The zero-order valence-electron chi connectivity index (χ0n) is 14.5. The predicted octanol–water partition coefficient (Wildman–Crippen LogP) is 3.51. The standard InChI is InChI=1S/C18H16Cl2FNO5S/c19-15-10-16(20)17(21)9-14(15)18(23)27-11-12-2-1-3-13(8-12)28(24,25)22-4-6-26-7-5-22/h1-3,8-10H,4-7,11H2. The van der Waals surface area contributed by atoms with E-state index in [2.05, 4.69) is 0 Å². The molecule has 0 unspecified atom stereocenters. The fourth-order valence-corrected chi connectivity index (χ4v) is 4.58. The molecule has 1 saturated heterocycles. The van der Waals surface area contributed by atoms with Gasteiger partial charge >= 0.3 is 5.97 Å². The summed E-state index contributed by atoms with van der Waals surface area (Å²) in [7, 11) is -3.66. The van der Waals surface area contributed by atoms with Crippen molar-refractivity contribution in [2.75, 3.05) is 26.3 Å². The highest BCUT2D eigenvalue weighted by Crippen LogP contribution is 2.25. The lowest BCUT2D eigenvalue weighted by molar-refractivity contribution is 0.0472. The van der Waals surface area contributed by atoms with Gasteiger partial charge in [0.15, 0.2) is 0 Å². The van der Waals surface area contributed by atoms with Crippen LogP contribution in [0.3, 0.4) is 0 Å². The summed E-state index contributed by atoms with van der Waals surface area (Å²) >= 11 is 11.5. The molecule has 2 aromatic carbocycles. The lowest BCUT2D eigenvalue weighted by atomic mass is 10.2. The fourth-order valence-electron chi connectivity index (χ4n) is 2.64. The summed E-state index contributed by atoms with van der Waals surface area (Å²) in [5.41, 5.74) is 0.300. The third kappa shape index (κ3) is 4.64. The number of hydrogen-bond donors (Lipinski definition) is 0. The third-order valence-corrected chi connectivity index (χ3v) is 6.60. The normalized spacial score (nSPS) is 15.4. The summed E-state index contributed by atoms with van der Waals surface area (Å²) in [6.07, 6.45) is 0. The van der Waals surface area contributed by atoms with E-state index < -0.39 is 21.8 Å². The van der Waals surface area contributed by atoms with Gasteiger partial charge in [-0.05, 0) is 29.8 Å². The molecule has 1 aliphatic heterocycles. The van der Waals surface area contributed by atoms with Gasteiger partial charge in [0.25, 0.3) is 0 Å². The molecule has 1 fully saturated rings. The molecule has 0 atom stereocenters. The second-order valence-electron chi connectivity index (χ2n) is 5.99. The summed E-state index contributed by atoms with van der Waals surface area (Å²) in [4.78, 5) is 12.3. The first kappa shape index (κ1) is 21.0. The fraction of sp³-hybridized carbons (Fsp3) is 0.278. The largest absolute Gasteiger partial charge is 0.457 e. The Hall–Kier alpha value is -1.71. The molecule has 0 aliphatic carbocycles. The molecule has 0 N–H and O–H groups in total. The van der Waals surface area contributed by atoms with Crippen LogP contribution in [0.2, 0.25) is 10.0 Å². The summed E-state index contributed by atoms with van der Waals surface area (Å²) in [6.45, 7) is 1.04. The van der Waals surface area contributed by atoms with Crippen LogP contribution >= 0.6 is 23.2 Å². The molecular weight excluding hydrogens is 432 g/mol. The first-order chi connectivity index (χ1) is 13.3. The van der Waals surface area contributed by atoms with Gasteiger partial charge in [0, 0.05) is 13.1 Å². The number of rotatable bonds is 5. The molecule has 0 bridgehead atoms. The number of nitrogens with zero attached hydrogens (tertiary/aromatic N) is 1. The average molecular weight is 448 g/mol. The maximum atomic E-state index is 13.6. The topological polar surface area (TPSA) is 72.9 Å². The Morgan fingerprint density at radius 2 is 1.86 bits per heavy atom. The molecule has 0 aromatic heterocycles. The van der Waals surface area contributed by atoms with Gasteiger partial charge in [-0.15, -0.1) is 0 Å². The van der Waals surface area contributed by atoms with Gasteiger partial charge in [0.05, 0.1) is 33.7 Å². The molecule has 0 radical (unpaired) electrons. The highest BCUT2D eigenvalue weighted by molar-refractivity contribution is 7.89. The number of carbonyl (C=O) groups is 1. The molecule has 1 aliphatic rings. The third-order valence-electron chi connectivity index (χ3n) is 4.11. The summed E-state index contributed by atoms with van der Waals surface area (Å²) < 4.78 is 50.6. The molecule has 28 heavy (non-hydrogen) atoms. The van der Waals surface area contributed by atoms with Crippen LogP contribution in [0, 0.1) is 5.82 Å². The van der Waals surface area contributed by atoms with Crippen LogP contribution < -0.4 is 0 Å². The van der Waals surface area contributed by atoms with E-state index >= 15 is 0 Å². The van der Waals surface area contributed by atoms with Crippen molar-refractivity contribution < 1.29 is 27.1 Å². The maximum Gasteiger partial charge on any atom is 0.340 e. The van der Waals surface area contributed by atoms with E-state index in [-0.39, 0.29) is 40.2 Å². The number of hydrogen-bond acceptors (Lipinski definition) is 5. The quantitative estimate of drug-likeness (QED) is 0.517. The lowest BCUT2D eigenvalue weighted by Crippen LogP contribution is -2.40. The Balaban J connectivity index is 1.73. The van der Waals surface area contributed by atoms with Crippen LogP contribution in [0.15, 0.2) is 41.3 Å². The monoisotopic (exact) mass is 447 g/mol. The molecule has 10 heteroatoms. The van der Waals surface area contributed by atoms with E-state index in [0.29, 0.717) is 18.8 Å². The minimum atomic E-state index is -3.66. The molecule has 150 valence electrons. The van der Waals surface area contributed by atoms with Crippen molar-refractivity contribution in [1.82, 2.24) is 4.31 Å². The smallest absolute Gasteiger partial charge is 0.340 e. The van der Waals surface area contributed by atoms with Crippen LogP contribution in [-0.4, -0.2) is 45.0 Å². The van der Waals surface area contributed by atoms with E-state index in [4.69, 9.17) is 32.7 Å². The molecule has 0 spiro atoms. The predicted molar refractivity (Wildman–Crippen MR) is 102 cm³/mol. The van der Waals surface area contributed by atoms with Gasteiger partial charge in [-0.25, -0.2) is 17.6 Å². The molecule has 6 nitrogen and oxygen atoms in total. The first-order valence-electron chi connectivity index (χ1n) is 8.27. The van der Waals surface area contributed by atoms with Crippen molar-refractivity contribution in [2.24, 2.45) is 0 Å². The Kier molecular flexibility index (Phi) is 6.57. The van der Waals surface area contributed by atoms with Gasteiger partial charge in [-0.2, -0.15) is 4.31 Å². The van der Waals surface area contributed by atoms with Crippen LogP contribution in [0.5, 0.6) is 0 Å². The average Bonchev–Trinajstić information content (AvgIpc) is 2.70. The minimum Gasteiger partial charge on any atom is -0.457 e. The first-order valence-corrected chi connectivity index (χ1v) is 10.5. The Morgan fingerprint density at radius 3 is 2.57 bits per heavy atom. The molecule has 0 saturated carbocycles. The van der Waals surface area contributed by atoms with Crippen molar-refractivity contribution in [3.05, 3.63) is 63.4 Å². The van der Waals surface area contributed by atoms with Gasteiger partial charge in [-0.3, -0.25) is 0 Å². The van der Waals surface area contributed by atoms with E-state index in [1.165, 1.54) is 16.4 Å². The number of ether oxygens (including phenoxy) is 2. The van der Waals surface area contributed by atoms with E-state index in [1.54, 1.807) is 12.1 Å². The molecule has 3 rings (SSSR count). The number of halogens is 3.